The molecule has 2 rings (SSSR count). The smallest absolute Gasteiger partial charge is 0.284 e. The minimum atomic E-state index is -2.58. The van der Waals surface area contributed by atoms with E-state index in [1.54, 1.807) is 0 Å². The Morgan fingerprint density at radius 1 is 1.54 bits per heavy atom. The highest BCUT2D eigenvalue weighted by molar-refractivity contribution is 5.41. The van der Waals surface area contributed by atoms with Crippen LogP contribution < -0.4 is 5.73 Å². The summed E-state index contributed by atoms with van der Waals surface area (Å²) in [6, 6.07) is 0.231. The summed E-state index contributed by atoms with van der Waals surface area (Å²) in [4.78, 5) is 0. The quantitative estimate of drug-likeness (QED) is 0.767. The van der Waals surface area contributed by atoms with Gasteiger partial charge in [0.15, 0.2) is 5.69 Å². The predicted molar refractivity (Wildman–Crippen MR) is 44.2 cm³/mol. The van der Waals surface area contributed by atoms with Crippen LogP contribution in [0.2, 0.25) is 0 Å². The summed E-state index contributed by atoms with van der Waals surface area (Å²) in [5.74, 6) is 0. The number of rotatable bonds is 2. The molecule has 0 amide bonds. The SMILES string of the molecule is Nc1cn(C2C[CH]C2)nc1C(F)F. The maximum absolute atomic E-state index is 12.3. The van der Waals surface area contributed by atoms with Gasteiger partial charge in [-0.2, -0.15) is 5.10 Å². The van der Waals surface area contributed by atoms with E-state index in [0.717, 1.165) is 12.8 Å². The number of halogens is 2. The molecule has 1 fully saturated rings. The van der Waals surface area contributed by atoms with Crippen LogP contribution in [0, 0.1) is 6.42 Å². The molecule has 0 aliphatic heterocycles. The largest absolute Gasteiger partial charge is 0.396 e. The van der Waals surface area contributed by atoms with E-state index in [1.165, 1.54) is 10.9 Å². The zero-order chi connectivity index (χ0) is 9.42. The van der Waals surface area contributed by atoms with Crippen LogP contribution in [0.1, 0.15) is 31.0 Å². The number of nitrogens with zero attached hydrogens (tertiary/aromatic N) is 2. The van der Waals surface area contributed by atoms with E-state index >= 15 is 0 Å². The molecule has 2 N–H and O–H groups in total. The first-order valence-corrected chi connectivity index (χ1v) is 4.13. The van der Waals surface area contributed by atoms with Gasteiger partial charge in [0.25, 0.3) is 6.43 Å². The Bertz CT molecular complexity index is 304. The molecule has 1 saturated carbocycles. The summed E-state index contributed by atoms with van der Waals surface area (Å²) in [6.07, 6.45) is 2.78. The van der Waals surface area contributed by atoms with Crippen LogP contribution in [0.3, 0.4) is 0 Å². The molecule has 5 heteroatoms. The summed E-state index contributed by atoms with van der Waals surface area (Å²) in [6.45, 7) is 0. The molecular formula is C8H10F2N3. The van der Waals surface area contributed by atoms with Crippen molar-refractivity contribution in [2.24, 2.45) is 0 Å². The van der Waals surface area contributed by atoms with Crippen LogP contribution in [0.4, 0.5) is 14.5 Å². The van der Waals surface area contributed by atoms with Gasteiger partial charge >= 0.3 is 0 Å². The molecule has 3 nitrogen and oxygen atoms in total. The molecule has 13 heavy (non-hydrogen) atoms. The second kappa shape index (κ2) is 2.97. The molecule has 0 bridgehead atoms. The number of nitrogen functional groups attached to an aromatic ring is 1. The molecule has 0 unspecified atom stereocenters. The topological polar surface area (TPSA) is 43.8 Å². The van der Waals surface area contributed by atoms with E-state index in [0.29, 0.717) is 0 Å². The number of hydrogen-bond donors (Lipinski definition) is 1. The average Bonchev–Trinajstić information content (AvgIpc) is 2.27. The van der Waals surface area contributed by atoms with Gasteiger partial charge in [0.2, 0.25) is 0 Å². The minimum absolute atomic E-state index is 0.0851. The highest BCUT2D eigenvalue weighted by atomic mass is 19.3. The Hall–Kier alpha value is -1.13. The summed E-state index contributed by atoms with van der Waals surface area (Å²) in [5.41, 5.74) is 5.17. The molecule has 0 aromatic carbocycles. The van der Waals surface area contributed by atoms with Gasteiger partial charge in [-0.15, -0.1) is 0 Å². The van der Waals surface area contributed by atoms with Gasteiger partial charge in [-0.3, -0.25) is 4.68 Å². The molecule has 1 aliphatic rings. The summed E-state index contributed by atoms with van der Waals surface area (Å²) in [7, 11) is 0. The van der Waals surface area contributed by atoms with E-state index in [1.807, 2.05) is 0 Å². The van der Waals surface area contributed by atoms with E-state index in [4.69, 9.17) is 5.73 Å². The van der Waals surface area contributed by atoms with Crippen molar-refractivity contribution in [2.75, 3.05) is 5.73 Å². The highest BCUT2D eigenvalue weighted by Crippen LogP contribution is 2.32. The lowest BCUT2D eigenvalue weighted by molar-refractivity contribution is 0.145. The van der Waals surface area contributed by atoms with Crippen LogP contribution >= 0.6 is 0 Å². The van der Waals surface area contributed by atoms with Crippen LogP contribution in [0.25, 0.3) is 0 Å². The highest BCUT2D eigenvalue weighted by Gasteiger charge is 2.24. The lowest BCUT2D eigenvalue weighted by Gasteiger charge is -2.25. The molecule has 1 aromatic rings. The van der Waals surface area contributed by atoms with Gasteiger partial charge in [-0.1, -0.05) is 0 Å². The Morgan fingerprint density at radius 2 is 2.23 bits per heavy atom. The van der Waals surface area contributed by atoms with E-state index in [-0.39, 0.29) is 17.4 Å². The standard InChI is InChI=1S/C8H10F2N3/c9-8(10)7-6(11)4-13(12-7)5-2-1-3-5/h1,4-5,8H,2-3,11H2. The molecule has 71 valence electrons. The van der Waals surface area contributed by atoms with Crippen LogP contribution in [0.15, 0.2) is 6.20 Å². The third kappa shape index (κ3) is 1.38. The first kappa shape index (κ1) is 8.47. The number of anilines is 1. The maximum Gasteiger partial charge on any atom is 0.284 e. The van der Waals surface area contributed by atoms with Crippen molar-refractivity contribution in [1.29, 1.82) is 0 Å². The van der Waals surface area contributed by atoms with Crippen molar-refractivity contribution in [3.63, 3.8) is 0 Å². The average molecular weight is 186 g/mol. The molecule has 1 radical (unpaired) electrons. The van der Waals surface area contributed by atoms with Crippen molar-refractivity contribution >= 4 is 5.69 Å². The van der Waals surface area contributed by atoms with Crippen LogP contribution in [-0.2, 0) is 0 Å². The van der Waals surface area contributed by atoms with Crippen LogP contribution in [0.5, 0.6) is 0 Å². The van der Waals surface area contributed by atoms with Gasteiger partial charge in [-0.25, -0.2) is 8.78 Å². The second-order valence-electron chi connectivity index (χ2n) is 3.16. The Morgan fingerprint density at radius 3 is 2.62 bits per heavy atom. The molecule has 0 atom stereocenters. The first-order chi connectivity index (χ1) is 6.18. The predicted octanol–water partition coefficient (Wildman–Crippen LogP) is 1.94. The Labute approximate surface area is 74.5 Å². The van der Waals surface area contributed by atoms with Gasteiger partial charge in [-0.05, 0) is 19.3 Å². The molecule has 1 heterocycles. The number of hydrogen-bond acceptors (Lipinski definition) is 2. The summed E-state index contributed by atoms with van der Waals surface area (Å²) < 4.78 is 26.1. The van der Waals surface area contributed by atoms with Crippen LogP contribution in [-0.4, -0.2) is 9.78 Å². The third-order valence-corrected chi connectivity index (χ3v) is 2.25. The van der Waals surface area contributed by atoms with E-state index < -0.39 is 6.43 Å². The van der Waals surface area contributed by atoms with Gasteiger partial charge in [0.05, 0.1) is 11.7 Å². The molecule has 0 spiro atoms. The van der Waals surface area contributed by atoms with Crippen molar-refractivity contribution in [1.82, 2.24) is 9.78 Å². The molecular weight excluding hydrogens is 176 g/mol. The van der Waals surface area contributed by atoms with Crippen molar-refractivity contribution in [3.05, 3.63) is 18.3 Å². The fourth-order valence-electron chi connectivity index (χ4n) is 1.31. The molecule has 1 aromatic heterocycles. The summed E-state index contributed by atoms with van der Waals surface area (Å²) in [5, 5.41) is 3.75. The second-order valence-corrected chi connectivity index (χ2v) is 3.16. The number of aromatic nitrogens is 2. The van der Waals surface area contributed by atoms with Gasteiger partial charge in [0.1, 0.15) is 0 Å². The fourth-order valence-corrected chi connectivity index (χ4v) is 1.31. The lowest BCUT2D eigenvalue weighted by atomic mass is 9.93. The van der Waals surface area contributed by atoms with E-state index in [2.05, 4.69) is 11.5 Å². The third-order valence-electron chi connectivity index (χ3n) is 2.25. The Balaban J connectivity index is 2.23. The van der Waals surface area contributed by atoms with Crippen molar-refractivity contribution in [3.8, 4) is 0 Å². The summed E-state index contributed by atoms with van der Waals surface area (Å²) >= 11 is 0. The fraction of sp³-hybridized carbons (Fsp3) is 0.500. The van der Waals surface area contributed by atoms with Gasteiger partial charge in [0, 0.05) is 6.20 Å². The Kier molecular flexibility index (Phi) is 1.94. The first-order valence-electron chi connectivity index (χ1n) is 4.13. The normalized spacial score (nSPS) is 17.8. The maximum atomic E-state index is 12.3. The molecule has 1 aliphatic carbocycles. The number of alkyl halides is 2. The van der Waals surface area contributed by atoms with Crippen molar-refractivity contribution in [2.45, 2.75) is 25.3 Å². The zero-order valence-corrected chi connectivity index (χ0v) is 6.95. The van der Waals surface area contributed by atoms with Crippen molar-refractivity contribution < 1.29 is 8.78 Å². The van der Waals surface area contributed by atoms with Gasteiger partial charge < -0.3 is 5.73 Å². The minimum Gasteiger partial charge on any atom is -0.396 e. The zero-order valence-electron chi connectivity index (χ0n) is 6.95. The molecule has 0 saturated heterocycles. The number of nitrogens with two attached hydrogens (primary N) is 1. The lowest BCUT2D eigenvalue weighted by Crippen LogP contribution is -2.18. The van der Waals surface area contributed by atoms with E-state index in [9.17, 15) is 8.78 Å². The monoisotopic (exact) mass is 186 g/mol.